The van der Waals surface area contributed by atoms with Crippen LogP contribution in [-0.4, -0.2) is 47.2 Å². The van der Waals surface area contributed by atoms with Crippen molar-refractivity contribution in [2.24, 2.45) is 5.92 Å². The second-order valence-corrected chi connectivity index (χ2v) is 8.11. The number of hydrogen-bond donors (Lipinski definition) is 2. The van der Waals surface area contributed by atoms with E-state index in [1.165, 1.54) is 24.8 Å². The summed E-state index contributed by atoms with van der Waals surface area (Å²) in [6.07, 6.45) is 7.07. The van der Waals surface area contributed by atoms with Crippen LogP contribution in [0.25, 0.3) is 0 Å². The van der Waals surface area contributed by atoms with E-state index >= 15 is 0 Å². The first-order chi connectivity index (χ1) is 11.1. The molecule has 4 nitrogen and oxygen atoms in total. The lowest BCUT2D eigenvalue weighted by molar-refractivity contribution is -0.139. The minimum absolute atomic E-state index is 0.210. The van der Waals surface area contributed by atoms with E-state index in [1.807, 2.05) is 0 Å². The van der Waals surface area contributed by atoms with Crippen molar-refractivity contribution >= 4 is 17.3 Å². The predicted molar refractivity (Wildman–Crippen MR) is 94.0 cm³/mol. The van der Waals surface area contributed by atoms with E-state index < -0.39 is 5.97 Å². The van der Waals surface area contributed by atoms with Gasteiger partial charge in [0.1, 0.15) is 0 Å². The lowest BCUT2D eigenvalue weighted by Gasteiger charge is -2.44. The molecule has 0 amide bonds. The van der Waals surface area contributed by atoms with Gasteiger partial charge in [0.2, 0.25) is 0 Å². The van der Waals surface area contributed by atoms with E-state index in [0.29, 0.717) is 18.1 Å². The number of hydrogen-bond acceptors (Lipinski definition) is 4. The van der Waals surface area contributed by atoms with Gasteiger partial charge in [-0.1, -0.05) is 0 Å². The highest BCUT2D eigenvalue weighted by Crippen LogP contribution is 2.34. The van der Waals surface area contributed by atoms with Crippen LogP contribution in [0.1, 0.15) is 44.6 Å². The maximum atomic E-state index is 11.1. The zero-order valence-electron chi connectivity index (χ0n) is 13.9. The number of rotatable bonds is 10. The number of aryl methyl sites for hydroxylation is 1. The standard InChI is InChI=1S/C18H28N2O2S/c1-13(2-3-15-6-7-23-12-15)19-16-8-17(9-16)20(11-18(21)22)10-14-4-5-14/h6-7,12-14,16-17,19H,2-5,8-11H2,1H3,(H,21,22). The Labute approximate surface area is 142 Å². The fourth-order valence-electron chi connectivity index (χ4n) is 3.47. The molecule has 3 rings (SSSR count). The van der Waals surface area contributed by atoms with Crippen molar-refractivity contribution in [2.45, 2.75) is 63.6 Å². The molecule has 1 heterocycles. The molecule has 2 N–H and O–H groups in total. The van der Waals surface area contributed by atoms with Crippen LogP contribution < -0.4 is 5.32 Å². The minimum Gasteiger partial charge on any atom is -0.480 e. The van der Waals surface area contributed by atoms with Crippen LogP contribution in [0.4, 0.5) is 0 Å². The quantitative estimate of drug-likeness (QED) is 0.690. The maximum Gasteiger partial charge on any atom is 0.317 e. The zero-order chi connectivity index (χ0) is 16.2. The summed E-state index contributed by atoms with van der Waals surface area (Å²) < 4.78 is 0. The van der Waals surface area contributed by atoms with Crippen molar-refractivity contribution in [1.82, 2.24) is 10.2 Å². The molecule has 1 atom stereocenters. The van der Waals surface area contributed by atoms with Crippen LogP contribution in [0, 0.1) is 5.92 Å². The minimum atomic E-state index is -0.689. The predicted octanol–water partition coefficient (Wildman–Crippen LogP) is 2.99. The molecule has 128 valence electrons. The highest BCUT2D eigenvalue weighted by Gasteiger charge is 2.37. The summed E-state index contributed by atoms with van der Waals surface area (Å²) in [6, 6.07) is 3.76. The smallest absolute Gasteiger partial charge is 0.317 e. The Morgan fingerprint density at radius 1 is 1.48 bits per heavy atom. The Balaban J connectivity index is 1.36. The summed E-state index contributed by atoms with van der Waals surface area (Å²) in [4.78, 5) is 13.3. The van der Waals surface area contributed by atoms with Gasteiger partial charge in [0, 0.05) is 24.7 Å². The summed E-state index contributed by atoms with van der Waals surface area (Å²) in [5, 5.41) is 17.2. The SMILES string of the molecule is CC(CCc1ccsc1)NC1CC(N(CC(=O)O)CC2CC2)C1. The molecule has 1 aromatic heterocycles. The fraction of sp³-hybridized carbons (Fsp3) is 0.722. The second-order valence-electron chi connectivity index (χ2n) is 7.33. The molecular weight excluding hydrogens is 308 g/mol. The highest BCUT2D eigenvalue weighted by molar-refractivity contribution is 7.07. The van der Waals surface area contributed by atoms with Gasteiger partial charge in [0.15, 0.2) is 0 Å². The van der Waals surface area contributed by atoms with Gasteiger partial charge in [-0.3, -0.25) is 9.69 Å². The molecule has 0 spiro atoms. The van der Waals surface area contributed by atoms with E-state index in [2.05, 4.69) is 34.0 Å². The monoisotopic (exact) mass is 336 g/mol. The second kappa shape index (κ2) is 7.77. The Morgan fingerprint density at radius 2 is 2.26 bits per heavy atom. The van der Waals surface area contributed by atoms with Crippen LogP contribution in [0.5, 0.6) is 0 Å². The first-order valence-electron chi connectivity index (χ1n) is 8.83. The first-order valence-corrected chi connectivity index (χ1v) is 9.77. The van der Waals surface area contributed by atoms with Crippen LogP contribution in [0.3, 0.4) is 0 Å². The van der Waals surface area contributed by atoms with Crippen LogP contribution in [-0.2, 0) is 11.2 Å². The molecule has 1 unspecified atom stereocenters. The molecule has 2 aliphatic carbocycles. The van der Waals surface area contributed by atoms with Gasteiger partial charge in [0.05, 0.1) is 6.54 Å². The van der Waals surface area contributed by atoms with Crippen molar-refractivity contribution in [3.05, 3.63) is 22.4 Å². The van der Waals surface area contributed by atoms with E-state index in [0.717, 1.165) is 31.7 Å². The van der Waals surface area contributed by atoms with Gasteiger partial charge in [-0.05, 0) is 73.8 Å². The van der Waals surface area contributed by atoms with Gasteiger partial charge < -0.3 is 10.4 Å². The average Bonchev–Trinajstić information content (AvgIpc) is 3.11. The molecule has 1 aromatic rings. The number of carboxylic acids is 1. The van der Waals surface area contributed by atoms with Gasteiger partial charge in [0.25, 0.3) is 0 Å². The van der Waals surface area contributed by atoms with Crippen molar-refractivity contribution in [3.8, 4) is 0 Å². The lowest BCUT2D eigenvalue weighted by atomic mass is 9.84. The first kappa shape index (κ1) is 16.9. The topological polar surface area (TPSA) is 52.6 Å². The Bertz CT molecular complexity index is 495. The summed E-state index contributed by atoms with van der Waals surface area (Å²) in [5.74, 6) is 0.0667. The molecule has 0 aliphatic heterocycles. The maximum absolute atomic E-state index is 11.1. The molecule has 2 saturated carbocycles. The number of nitrogens with zero attached hydrogens (tertiary/aromatic N) is 1. The molecule has 0 aromatic carbocycles. The zero-order valence-corrected chi connectivity index (χ0v) is 14.7. The molecule has 0 bridgehead atoms. The third kappa shape index (κ3) is 5.30. The molecule has 0 radical (unpaired) electrons. The normalized spacial score (nSPS) is 25.3. The fourth-order valence-corrected chi connectivity index (χ4v) is 4.18. The third-order valence-corrected chi connectivity index (χ3v) is 5.86. The van der Waals surface area contributed by atoms with Crippen LogP contribution >= 0.6 is 11.3 Å². The van der Waals surface area contributed by atoms with Crippen molar-refractivity contribution in [2.75, 3.05) is 13.1 Å². The van der Waals surface area contributed by atoms with Gasteiger partial charge in [-0.15, -0.1) is 0 Å². The van der Waals surface area contributed by atoms with Crippen molar-refractivity contribution in [3.63, 3.8) is 0 Å². The summed E-state index contributed by atoms with van der Waals surface area (Å²) in [6.45, 7) is 3.46. The van der Waals surface area contributed by atoms with Crippen molar-refractivity contribution < 1.29 is 9.90 Å². The summed E-state index contributed by atoms with van der Waals surface area (Å²) in [7, 11) is 0. The largest absolute Gasteiger partial charge is 0.480 e. The van der Waals surface area contributed by atoms with E-state index in [4.69, 9.17) is 5.11 Å². The lowest BCUT2D eigenvalue weighted by Crippen LogP contribution is -2.55. The summed E-state index contributed by atoms with van der Waals surface area (Å²) in [5.41, 5.74) is 1.44. The molecule has 0 saturated heterocycles. The molecule has 5 heteroatoms. The number of carboxylic acid groups (broad SMARTS) is 1. The van der Waals surface area contributed by atoms with Gasteiger partial charge >= 0.3 is 5.97 Å². The van der Waals surface area contributed by atoms with Crippen molar-refractivity contribution in [1.29, 1.82) is 0 Å². The molecule has 23 heavy (non-hydrogen) atoms. The Kier molecular flexibility index (Phi) is 5.72. The number of carbonyl (C=O) groups is 1. The van der Waals surface area contributed by atoms with Crippen LogP contribution in [0.2, 0.25) is 0 Å². The number of thiophene rings is 1. The Morgan fingerprint density at radius 3 is 2.87 bits per heavy atom. The number of nitrogens with one attached hydrogen (secondary N) is 1. The molecule has 2 fully saturated rings. The molecular formula is C18H28N2O2S. The van der Waals surface area contributed by atoms with E-state index in [1.54, 1.807) is 11.3 Å². The number of aliphatic carboxylic acids is 1. The van der Waals surface area contributed by atoms with E-state index in [-0.39, 0.29) is 6.54 Å². The van der Waals surface area contributed by atoms with E-state index in [9.17, 15) is 4.79 Å². The average molecular weight is 337 g/mol. The van der Waals surface area contributed by atoms with Gasteiger partial charge in [-0.25, -0.2) is 0 Å². The summed E-state index contributed by atoms with van der Waals surface area (Å²) >= 11 is 1.77. The molecule has 2 aliphatic rings. The highest BCUT2D eigenvalue weighted by atomic mass is 32.1. The third-order valence-electron chi connectivity index (χ3n) is 5.12. The Hall–Kier alpha value is -0.910. The van der Waals surface area contributed by atoms with Gasteiger partial charge in [-0.2, -0.15) is 11.3 Å². The van der Waals surface area contributed by atoms with Crippen LogP contribution in [0.15, 0.2) is 16.8 Å².